The van der Waals surface area contributed by atoms with E-state index in [2.05, 4.69) is 17.9 Å². The number of benzene rings is 1. The zero-order valence-electron chi connectivity index (χ0n) is 13.3. The number of aromatic nitrogens is 1. The maximum Gasteiger partial charge on any atom is 0.133 e. The molecule has 0 radical (unpaired) electrons. The molecule has 1 aromatic heterocycles. The van der Waals surface area contributed by atoms with Crippen LogP contribution in [0.5, 0.6) is 0 Å². The lowest BCUT2D eigenvalue weighted by Gasteiger charge is -2.33. The topological polar surface area (TPSA) is 58.0 Å². The number of hydrogen-bond donors (Lipinski definition) is 1. The fraction of sp³-hybridized carbons (Fsp3) is 0.389. The summed E-state index contributed by atoms with van der Waals surface area (Å²) in [6, 6.07) is 11.8. The molecule has 23 heavy (non-hydrogen) atoms. The molecule has 2 N–H and O–H groups in total. The Morgan fingerprint density at radius 2 is 1.91 bits per heavy atom. The Morgan fingerprint density at radius 1 is 1.26 bits per heavy atom. The molecule has 0 spiro atoms. The zero-order valence-corrected chi connectivity index (χ0v) is 14.1. The number of rotatable bonds is 3. The van der Waals surface area contributed by atoms with Crippen LogP contribution in [0.15, 0.2) is 30.3 Å². The molecule has 3 rings (SSSR count). The Hall–Kier alpha value is -2.12. The predicted molar refractivity (Wildman–Crippen MR) is 94.7 cm³/mol. The Morgan fingerprint density at radius 3 is 2.52 bits per heavy atom. The van der Waals surface area contributed by atoms with Gasteiger partial charge in [-0.1, -0.05) is 30.7 Å². The molecule has 1 saturated heterocycles. The molecular formula is C18H21ClN4. The third-order valence-corrected chi connectivity index (χ3v) is 4.80. The molecule has 0 saturated carbocycles. The minimum atomic E-state index is 0.603. The Labute approximate surface area is 142 Å². The number of nitrogen functional groups attached to an aromatic ring is 1. The normalized spacial score (nSPS) is 15.6. The number of nitrogens with zero attached hydrogens (tertiary/aromatic N) is 3. The fourth-order valence-corrected chi connectivity index (χ4v) is 3.28. The molecule has 2 heterocycles. The van der Waals surface area contributed by atoms with Crippen molar-refractivity contribution in [1.29, 1.82) is 5.26 Å². The summed E-state index contributed by atoms with van der Waals surface area (Å²) < 4.78 is 2.02. The zero-order chi connectivity index (χ0) is 16.4. The van der Waals surface area contributed by atoms with Gasteiger partial charge < -0.3 is 15.2 Å². The molecule has 1 aliphatic heterocycles. The van der Waals surface area contributed by atoms with Crippen molar-refractivity contribution in [3.8, 4) is 6.07 Å². The van der Waals surface area contributed by atoms with Crippen LogP contribution < -0.4 is 10.6 Å². The van der Waals surface area contributed by atoms with Crippen LogP contribution in [-0.2, 0) is 6.54 Å². The highest BCUT2D eigenvalue weighted by Gasteiger charge is 2.23. The van der Waals surface area contributed by atoms with Gasteiger partial charge in [-0.25, -0.2) is 0 Å². The first-order chi connectivity index (χ1) is 11.1. The Balaban J connectivity index is 1.94. The van der Waals surface area contributed by atoms with Crippen molar-refractivity contribution >= 4 is 23.1 Å². The molecule has 5 heteroatoms. The maximum absolute atomic E-state index is 9.45. The third-order valence-electron chi connectivity index (χ3n) is 4.55. The van der Waals surface area contributed by atoms with E-state index in [0.717, 1.165) is 43.2 Å². The van der Waals surface area contributed by atoms with Gasteiger partial charge in [-0.15, -0.1) is 0 Å². The van der Waals surface area contributed by atoms with Gasteiger partial charge in [-0.05, 0) is 42.5 Å². The molecule has 2 aromatic rings. The first-order valence-electron chi connectivity index (χ1n) is 7.97. The molecule has 0 unspecified atom stereocenters. The number of piperidine rings is 1. The highest BCUT2D eigenvalue weighted by Crippen LogP contribution is 2.32. The van der Waals surface area contributed by atoms with E-state index in [1.807, 2.05) is 28.8 Å². The monoisotopic (exact) mass is 328 g/mol. The van der Waals surface area contributed by atoms with Crippen molar-refractivity contribution in [1.82, 2.24) is 4.57 Å². The number of anilines is 2. The van der Waals surface area contributed by atoms with E-state index in [0.29, 0.717) is 22.9 Å². The summed E-state index contributed by atoms with van der Waals surface area (Å²) in [6.07, 6.45) is 2.32. The molecule has 0 bridgehead atoms. The summed E-state index contributed by atoms with van der Waals surface area (Å²) in [7, 11) is 0. The van der Waals surface area contributed by atoms with Crippen LogP contribution in [-0.4, -0.2) is 17.7 Å². The van der Waals surface area contributed by atoms with Gasteiger partial charge in [0, 0.05) is 18.1 Å². The number of nitriles is 1. The van der Waals surface area contributed by atoms with Gasteiger partial charge in [0.05, 0.1) is 12.2 Å². The van der Waals surface area contributed by atoms with Crippen molar-refractivity contribution < 1.29 is 0 Å². The third kappa shape index (κ3) is 3.30. The Kier molecular flexibility index (Phi) is 4.49. The lowest BCUT2D eigenvalue weighted by molar-refractivity contribution is 0.434. The molecule has 1 aliphatic rings. The molecule has 4 nitrogen and oxygen atoms in total. The van der Waals surface area contributed by atoms with Crippen LogP contribution in [0.4, 0.5) is 11.5 Å². The predicted octanol–water partition coefficient (Wildman–Crippen LogP) is 3.88. The SMILES string of the molecule is CC1CCN(c2c(N)cc(C#N)n2Cc2ccc(Cl)cc2)CC1. The molecule has 0 aliphatic carbocycles. The van der Waals surface area contributed by atoms with Crippen LogP contribution in [0.1, 0.15) is 31.0 Å². The van der Waals surface area contributed by atoms with E-state index in [-0.39, 0.29) is 0 Å². The van der Waals surface area contributed by atoms with Crippen LogP contribution >= 0.6 is 11.6 Å². The number of hydrogen-bond acceptors (Lipinski definition) is 3. The van der Waals surface area contributed by atoms with E-state index >= 15 is 0 Å². The van der Waals surface area contributed by atoms with Gasteiger partial charge in [0.1, 0.15) is 17.6 Å². The maximum atomic E-state index is 9.45. The van der Waals surface area contributed by atoms with Crippen LogP contribution in [0, 0.1) is 17.2 Å². The minimum Gasteiger partial charge on any atom is -0.396 e. The minimum absolute atomic E-state index is 0.603. The first-order valence-corrected chi connectivity index (χ1v) is 8.34. The lowest BCUT2D eigenvalue weighted by Crippen LogP contribution is -2.35. The molecule has 0 atom stereocenters. The summed E-state index contributed by atoms with van der Waals surface area (Å²) >= 11 is 5.96. The summed E-state index contributed by atoms with van der Waals surface area (Å²) in [5, 5.41) is 10.2. The van der Waals surface area contributed by atoms with Crippen molar-refractivity contribution in [3.05, 3.63) is 46.6 Å². The lowest BCUT2D eigenvalue weighted by atomic mass is 9.99. The second-order valence-electron chi connectivity index (χ2n) is 6.30. The molecule has 1 aromatic carbocycles. The highest BCUT2D eigenvalue weighted by atomic mass is 35.5. The molecule has 120 valence electrons. The quantitative estimate of drug-likeness (QED) is 0.930. The molecule has 1 fully saturated rings. The standard InChI is InChI=1S/C18H21ClN4/c1-13-6-8-22(9-7-13)18-17(21)10-16(11-20)23(18)12-14-2-4-15(19)5-3-14/h2-5,10,13H,6-9,12,21H2,1H3. The van der Waals surface area contributed by atoms with Gasteiger partial charge in [0.2, 0.25) is 0 Å². The van der Waals surface area contributed by atoms with Crippen molar-refractivity contribution in [2.24, 2.45) is 5.92 Å². The molecule has 0 amide bonds. The van der Waals surface area contributed by atoms with Crippen molar-refractivity contribution in [3.63, 3.8) is 0 Å². The van der Waals surface area contributed by atoms with E-state index in [9.17, 15) is 5.26 Å². The van der Waals surface area contributed by atoms with Gasteiger partial charge in [-0.2, -0.15) is 5.26 Å². The van der Waals surface area contributed by atoms with Crippen LogP contribution in [0.2, 0.25) is 5.02 Å². The van der Waals surface area contributed by atoms with Gasteiger partial charge in [0.25, 0.3) is 0 Å². The number of nitrogens with two attached hydrogens (primary N) is 1. The molecular weight excluding hydrogens is 308 g/mol. The van der Waals surface area contributed by atoms with E-state index in [1.165, 1.54) is 0 Å². The van der Waals surface area contributed by atoms with Gasteiger partial charge >= 0.3 is 0 Å². The number of halogens is 1. The second-order valence-corrected chi connectivity index (χ2v) is 6.74. The highest BCUT2D eigenvalue weighted by molar-refractivity contribution is 6.30. The summed E-state index contributed by atoms with van der Waals surface area (Å²) in [6.45, 7) is 4.88. The average Bonchev–Trinajstić information content (AvgIpc) is 2.86. The smallest absolute Gasteiger partial charge is 0.133 e. The van der Waals surface area contributed by atoms with Crippen LogP contribution in [0.3, 0.4) is 0 Å². The van der Waals surface area contributed by atoms with Crippen molar-refractivity contribution in [2.45, 2.75) is 26.3 Å². The van der Waals surface area contributed by atoms with E-state index < -0.39 is 0 Å². The summed E-state index contributed by atoms with van der Waals surface area (Å²) in [5.41, 5.74) is 8.62. The Bertz CT molecular complexity index is 719. The largest absolute Gasteiger partial charge is 0.396 e. The van der Waals surface area contributed by atoms with Crippen LogP contribution in [0.25, 0.3) is 0 Å². The second kappa shape index (κ2) is 6.55. The average molecular weight is 329 g/mol. The van der Waals surface area contributed by atoms with Gasteiger partial charge in [-0.3, -0.25) is 0 Å². The van der Waals surface area contributed by atoms with E-state index in [4.69, 9.17) is 17.3 Å². The first kappa shape index (κ1) is 15.8. The fourth-order valence-electron chi connectivity index (χ4n) is 3.16. The van der Waals surface area contributed by atoms with Gasteiger partial charge in [0.15, 0.2) is 0 Å². The summed E-state index contributed by atoms with van der Waals surface area (Å²) in [4.78, 5) is 2.31. The van der Waals surface area contributed by atoms with E-state index in [1.54, 1.807) is 6.07 Å². The summed E-state index contributed by atoms with van der Waals surface area (Å²) in [5.74, 6) is 1.73. The van der Waals surface area contributed by atoms with Crippen molar-refractivity contribution in [2.75, 3.05) is 23.7 Å².